The summed E-state index contributed by atoms with van der Waals surface area (Å²) in [7, 11) is 1.77. The van der Waals surface area contributed by atoms with Crippen molar-refractivity contribution in [1.29, 1.82) is 0 Å². The Hall–Kier alpha value is -1.58. The van der Waals surface area contributed by atoms with Gasteiger partial charge in [-0.25, -0.2) is 4.98 Å². The standard InChI is InChI=1S/C21H33N5O2.HI/c1-3-28-19-13-16(9-11-23-19)14-24-21(22-2)25-18-10-12-26(15-18)20(27)17-7-5-4-6-8-17;/h9,11,13,17-18H,3-8,10,12,14-15H2,1-2H3,(H2,22,24,25);1H. The first-order valence-electron chi connectivity index (χ1n) is 10.5. The Morgan fingerprint density at radius 3 is 2.83 bits per heavy atom. The van der Waals surface area contributed by atoms with Crippen molar-refractivity contribution in [1.82, 2.24) is 20.5 Å². The van der Waals surface area contributed by atoms with Crippen molar-refractivity contribution in [2.75, 3.05) is 26.7 Å². The van der Waals surface area contributed by atoms with Gasteiger partial charge >= 0.3 is 0 Å². The number of carbonyl (C=O) groups excluding carboxylic acids is 1. The molecule has 2 heterocycles. The highest BCUT2D eigenvalue weighted by molar-refractivity contribution is 14.0. The average Bonchev–Trinajstić information content (AvgIpc) is 3.20. The number of nitrogens with zero attached hydrogens (tertiary/aromatic N) is 3. The van der Waals surface area contributed by atoms with Gasteiger partial charge in [0.1, 0.15) is 0 Å². The zero-order valence-corrected chi connectivity index (χ0v) is 19.9. The van der Waals surface area contributed by atoms with Crippen LogP contribution in [0.15, 0.2) is 23.3 Å². The van der Waals surface area contributed by atoms with Gasteiger partial charge in [-0.1, -0.05) is 19.3 Å². The van der Waals surface area contributed by atoms with Crippen LogP contribution in [-0.4, -0.2) is 54.5 Å². The lowest BCUT2D eigenvalue weighted by atomic mass is 9.88. The SMILES string of the molecule is CCOc1cc(CNC(=NC)NC2CCN(C(=O)C3CCCCC3)C2)ccn1.I. The number of ether oxygens (including phenoxy) is 1. The molecule has 2 fully saturated rings. The number of nitrogens with one attached hydrogen (secondary N) is 2. The highest BCUT2D eigenvalue weighted by Gasteiger charge is 2.31. The molecule has 1 saturated carbocycles. The number of rotatable bonds is 6. The normalized spacial score (nSPS) is 20.1. The van der Waals surface area contributed by atoms with Gasteiger partial charge in [0.05, 0.1) is 6.61 Å². The van der Waals surface area contributed by atoms with Crippen LogP contribution in [0.4, 0.5) is 0 Å². The van der Waals surface area contributed by atoms with Gasteiger partial charge in [0.15, 0.2) is 5.96 Å². The highest BCUT2D eigenvalue weighted by atomic mass is 127. The minimum Gasteiger partial charge on any atom is -0.478 e. The van der Waals surface area contributed by atoms with Crippen LogP contribution in [0.25, 0.3) is 0 Å². The summed E-state index contributed by atoms with van der Waals surface area (Å²) in [6.07, 6.45) is 8.51. The lowest BCUT2D eigenvalue weighted by molar-refractivity contribution is -0.135. The number of carbonyl (C=O) groups is 1. The largest absolute Gasteiger partial charge is 0.478 e. The summed E-state index contributed by atoms with van der Waals surface area (Å²) in [6, 6.07) is 4.14. The fourth-order valence-electron chi connectivity index (χ4n) is 4.05. The third kappa shape index (κ3) is 7.01. The van der Waals surface area contributed by atoms with E-state index in [1.54, 1.807) is 13.2 Å². The smallest absolute Gasteiger partial charge is 0.225 e. The molecule has 2 aliphatic rings. The zero-order chi connectivity index (χ0) is 19.8. The Morgan fingerprint density at radius 1 is 1.31 bits per heavy atom. The van der Waals surface area contributed by atoms with E-state index < -0.39 is 0 Å². The molecule has 8 heteroatoms. The van der Waals surface area contributed by atoms with Gasteiger partial charge < -0.3 is 20.3 Å². The van der Waals surface area contributed by atoms with E-state index in [0.29, 0.717) is 24.9 Å². The number of likely N-dealkylation sites (tertiary alicyclic amines) is 1. The Bertz CT molecular complexity index is 679. The van der Waals surface area contributed by atoms with Crippen LogP contribution < -0.4 is 15.4 Å². The predicted octanol–water partition coefficient (Wildman–Crippen LogP) is 2.94. The molecule has 1 atom stereocenters. The number of hydrogen-bond donors (Lipinski definition) is 2. The molecule has 1 aromatic heterocycles. The van der Waals surface area contributed by atoms with Gasteiger partial charge in [0.25, 0.3) is 0 Å². The maximum absolute atomic E-state index is 12.7. The fraction of sp³-hybridized carbons (Fsp3) is 0.667. The lowest BCUT2D eigenvalue weighted by Crippen LogP contribution is -2.45. The molecule has 0 bridgehead atoms. The number of aromatic nitrogens is 1. The van der Waals surface area contributed by atoms with Crippen LogP contribution >= 0.6 is 24.0 Å². The third-order valence-corrected chi connectivity index (χ3v) is 5.57. The summed E-state index contributed by atoms with van der Waals surface area (Å²) < 4.78 is 5.45. The summed E-state index contributed by atoms with van der Waals surface area (Å²) in [5, 5.41) is 6.80. The van der Waals surface area contributed by atoms with E-state index in [1.807, 2.05) is 24.0 Å². The Balaban J connectivity index is 0.00000300. The summed E-state index contributed by atoms with van der Waals surface area (Å²) >= 11 is 0. The van der Waals surface area contributed by atoms with Gasteiger partial charge in [-0.05, 0) is 37.8 Å². The molecule has 1 aromatic rings. The van der Waals surface area contributed by atoms with Crippen molar-refractivity contribution in [2.45, 2.75) is 58.0 Å². The lowest BCUT2D eigenvalue weighted by Gasteiger charge is -2.26. The first kappa shape index (κ1) is 23.7. The van der Waals surface area contributed by atoms with Crippen molar-refractivity contribution in [2.24, 2.45) is 10.9 Å². The Kier molecular flexibility index (Phi) is 9.96. The molecule has 1 saturated heterocycles. The molecular weight excluding hydrogens is 481 g/mol. The number of pyridine rings is 1. The fourth-order valence-corrected chi connectivity index (χ4v) is 4.05. The average molecular weight is 515 g/mol. The molecule has 3 rings (SSSR count). The quantitative estimate of drug-likeness (QED) is 0.346. The molecule has 1 aliphatic heterocycles. The van der Waals surface area contributed by atoms with E-state index in [9.17, 15) is 4.79 Å². The maximum atomic E-state index is 12.7. The first-order valence-corrected chi connectivity index (χ1v) is 10.5. The molecular formula is C21H34IN5O2. The molecule has 0 aromatic carbocycles. The second-order valence-corrected chi connectivity index (χ2v) is 7.61. The van der Waals surface area contributed by atoms with Gasteiger partial charge in [0, 0.05) is 50.9 Å². The zero-order valence-electron chi connectivity index (χ0n) is 17.5. The van der Waals surface area contributed by atoms with Crippen LogP contribution in [0.1, 0.15) is 51.0 Å². The second kappa shape index (κ2) is 12.2. The second-order valence-electron chi connectivity index (χ2n) is 7.61. The minimum atomic E-state index is 0. The molecule has 2 N–H and O–H groups in total. The van der Waals surface area contributed by atoms with Crippen molar-refractivity contribution < 1.29 is 9.53 Å². The van der Waals surface area contributed by atoms with Gasteiger partial charge in [-0.3, -0.25) is 9.79 Å². The Morgan fingerprint density at radius 2 is 2.10 bits per heavy atom. The number of hydrogen-bond acceptors (Lipinski definition) is 4. The summed E-state index contributed by atoms with van der Waals surface area (Å²) in [5.74, 6) is 1.99. The van der Waals surface area contributed by atoms with E-state index in [1.165, 1.54) is 19.3 Å². The maximum Gasteiger partial charge on any atom is 0.225 e. The number of amides is 1. The third-order valence-electron chi connectivity index (χ3n) is 5.57. The van der Waals surface area contributed by atoms with Crippen molar-refractivity contribution in [3.8, 4) is 5.88 Å². The van der Waals surface area contributed by atoms with Crippen LogP contribution in [-0.2, 0) is 11.3 Å². The van der Waals surface area contributed by atoms with E-state index in [-0.39, 0.29) is 35.9 Å². The van der Waals surface area contributed by atoms with Crippen molar-refractivity contribution >= 4 is 35.8 Å². The van der Waals surface area contributed by atoms with E-state index in [2.05, 4.69) is 20.6 Å². The summed E-state index contributed by atoms with van der Waals surface area (Å²) in [4.78, 5) is 23.3. The molecule has 1 amide bonds. The van der Waals surface area contributed by atoms with Crippen LogP contribution in [0.5, 0.6) is 5.88 Å². The van der Waals surface area contributed by atoms with Crippen molar-refractivity contribution in [3.05, 3.63) is 23.9 Å². The van der Waals surface area contributed by atoms with E-state index in [4.69, 9.17) is 4.74 Å². The van der Waals surface area contributed by atoms with Crippen LogP contribution in [0, 0.1) is 5.92 Å². The van der Waals surface area contributed by atoms with Gasteiger partial charge in [-0.15, -0.1) is 24.0 Å². The molecule has 0 spiro atoms. The molecule has 29 heavy (non-hydrogen) atoms. The summed E-state index contributed by atoms with van der Waals surface area (Å²) in [6.45, 7) is 4.79. The highest BCUT2D eigenvalue weighted by Crippen LogP contribution is 2.26. The van der Waals surface area contributed by atoms with Crippen LogP contribution in [0.2, 0.25) is 0 Å². The van der Waals surface area contributed by atoms with Gasteiger partial charge in [0.2, 0.25) is 11.8 Å². The number of aliphatic imine (C=N–C) groups is 1. The summed E-state index contributed by atoms with van der Waals surface area (Å²) in [5.41, 5.74) is 1.09. The monoisotopic (exact) mass is 515 g/mol. The number of guanidine groups is 1. The molecule has 7 nitrogen and oxygen atoms in total. The first-order chi connectivity index (χ1) is 13.7. The molecule has 162 valence electrons. The number of halogens is 1. The van der Waals surface area contributed by atoms with E-state index >= 15 is 0 Å². The minimum absolute atomic E-state index is 0. The molecule has 1 aliphatic carbocycles. The topological polar surface area (TPSA) is 78.9 Å². The van der Waals surface area contributed by atoms with Gasteiger partial charge in [-0.2, -0.15) is 0 Å². The molecule has 1 unspecified atom stereocenters. The Labute approximate surface area is 191 Å². The van der Waals surface area contributed by atoms with Crippen LogP contribution in [0.3, 0.4) is 0 Å². The molecule has 0 radical (unpaired) electrons. The predicted molar refractivity (Wildman–Crippen MR) is 126 cm³/mol. The van der Waals surface area contributed by atoms with Crippen molar-refractivity contribution in [3.63, 3.8) is 0 Å². The van der Waals surface area contributed by atoms with E-state index in [0.717, 1.165) is 43.9 Å².